The number of thioether (sulfide) groups is 2. The lowest BCUT2D eigenvalue weighted by Gasteiger charge is -2.31. The highest BCUT2D eigenvalue weighted by Crippen LogP contribution is 2.34. The van der Waals surface area contributed by atoms with Gasteiger partial charge in [0, 0.05) is 45.6 Å². The minimum atomic E-state index is -1.41. The van der Waals surface area contributed by atoms with Crippen molar-refractivity contribution < 1.29 is 47.7 Å². The first-order valence-corrected chi connectivity index (χ1v) is 29.3. The molecule has 6 aromatic rings. The van der Waals surface area contributed by atoms with E-state index in [9.17, 15) is 28.8 Å². The third-order valence-electron chi connectivity index (χ3n) is 13.0. The number of ether oxygens (including phenoxy) is 4. The summed E-state index contributed by atoms with van der Waals surface area (Å²) >= 11 is 11.4. The number of aryl methyl sites for hydroxylation is 4. The van der Waals surface area contributed by atoms with E-state index in [4.69, 9.17) is 18.9 Å². The van der Waals surface area contributed by atoms with Crippen molar-refractivity contribution in [3.8, 4) is 0 Å². The largest absolute Gasteiger partial charge is 0.465 e. The van der Waals surface area contributed by atoms with Crippen LogP contribution in [0.1, 0.15) is 114 Å². The summed E-state index contributed by atoms with van der Waals surface area (Å²) in [6, 6.07) is 47.3. The Hall–Kier alpha value is -6.06. The second kappa shape index (κ2) is 30.8. The Morgan fingerprint density at radius 2 is 0.675 bits per heavy atom. The molecule has 0 saturated heterocycles. The summed E-state index contributed by atoms with van der Waals surface area (Å²) in [5.74, 6) is -0.581. The quantitative estimate of drug-likeness (QED) is 0.0146. The predicted molar refractivity (Wildman–Crippen MR) is 315 cm³/mol. The van der Waals surface area contributed by atoms with E-state index in [-0.39, 0.29) is 75.2 Å². The summed E-state index contributed by atoms with van der Waals surface area (Å²) in [5, 5.41) is 0. The van der Waals surface area contributed by atoms with Gasteiger partial charge in [0.15, 0.2) is 11.6 Å². The second-order valence-electron chi connectivity index (χ2n) is 19.1. The minimum absolute atomic E-state index is 0.00656. The molecule has 0 amide bonds. The van der Waals surface area contributed by atoms with Crippen molar-refractivity contribution in [2.24, 2.45) is 5.41 Å². The molecule has 6 aromatic carbocycles. The highest BCUT2D eigenvalue weighted by atomic mass is 32.2. The number of hydrogen-bond acceptors (Lipinski definition) is 14. The minimum Gasteiger partial charge on any atom is -0.465 e. The zero-order valence-electron chi connectivity index (χ0n) is 44.2. The van der Waals surface area contributed by atoms with E-state index in [0.29, 0.717) is 34.1 Å². The summed E-state index contributed by atoms with van der Waals surface area (Å²) < 4.78 is 22.7. The van der Waals surface area contributed by atoms with E-state index < -0.39 is 41.1 Å². The fourth-order valence-corrected chi connectivity index (χ4v) is 11.3. The van der Waals surface area contributed by atoms with Gasteiger partial charge in [0.25, 0.3) is 0 Å². The number of ketones is 2. The zero-order chi connectivity index (χ0) is 55.2. The molecule has 10 nitrogen and oxygen atoms in total. The molecular formula is C63H68O10S4. The van der Waals surface area contributed by atoms with Crippen LogP contribution in [0.25, 0.3) is 0 Å². The molecule has 0 spiro atoms. The maximum Gasteiger partial charge on any atom is 0.306 e. The van der Waals surface area contributed by atoms with Crippen LogP contribution in [0, 0.1) is 33.1 Å². The molecule has 0 aliphatic carbocycles. The first-order chi connectivity index (χ1) is 37.2. The molecule has 0 bridgehead atoms. The number of thiol groups is 2. The number of hydrogen-bond donors (Lipinski definition) is 2. The SMILES string of the molecule is Cc1cc(CSCCC(=O)OCC(COC(=O)CCS)(COC(=O)CCS)COC(=O)CCSCc2cc(C)c(C(=O)C(c3ccccc3)c3ccccc3)c(C)c2)cc(C)c1C(=O)C(c1ccccc1)c1ccccc1. The molecule has 77 heavy (non-hydrogen) atoms. The number of carbonyl (C=O) groups excluding carboxylic acids is 6. The topological polar surface area (TPSA) is 139 Å². The normalized spacial score (nSPS) is 11.3. The molecule has 0 fully saturated rings. The van der Waals surface area contributed by atoms with Gasteiger partial charge < -0.3 is 18.9 Å². The van der Waals surface area contributed by atoms with Gasteiger partial charge in [0.1, 0.15) is 31.8 Å². The lowest BCUT2D eigenvalue weighted by atomic mass is 9.82. The van der Waals surface area contributed by atoms with Crippen molar-refractivity contribution in [1.29, 1.82) is 0 Å². The average Bonchev–Trinajstić information content (AvgIpc) is 3.42. The van der Waals surface area contributed by atoms with E-state index in [0.717, 1.165) is 55.6 Å². The van der Waals surface area contributed by atoms with Gasteiger partial charge >= 0.3 is 23.9 Å². The van der Waals surface area contributed by atoms with Crippen molar-refractivity contribution in [3.63, 3.8) is 0 Å². The molecule has 0 atom stereocenters. The van der Waals surface area contributed by atoms with Crippen molar-refractivity contribution >= 4 is 84.2 Å². The Labute approximate surface area is 473 Å². The van der Waals surface area contributed by atoms with Gasteiger partial charge in [-0.15, -0.1) is 0 Å². The molecule has 0 radical (unpaired) electrons. The first-order valence-electron chi connectivity index (χ1n) is 25.7. The molecule has 0 aliphatic rings. The maximum absolute atomic E-state index is 14.3. The molecular weight excluding hydrogens is 1040 g/mol. The first kappa shape index (κ1) is 60.2. The van der Waals surface area contributed by atoms with Gasteiger partial charge in [0.2, 0.25) is 0 Å². The lowest BCUT2D eigenvalue weighted by Crippen LogP contribution is -2.44. The zero-order valence-corrected chi connectivity index (χ0v) is 47.6. The Kier molecular flexibility index (Phi) is 24.0. The van der Waals surface area contributed by atoms with Crippen LogP contribution < -0.4 is 0 Å². The fraction of sp³-hybridized carbons (Fsp3) is 0.333. The maximum atomic E-state index is 14.3. The monoisotopic (exact) mass is 1110 g/mol. The summed E-state index contributed by atoms with van der Waals surface area (Å²) in [6.07, 6.45) is 0.0984. The Morgan fingerprint density at radius 1 is 0.416 bits per heavy atom. The van der Waals surface area contributed by atoms with Crippen LogP contribution >= 0.6 is 48.8 Å². The van der Waals surface area contributed by atoms with Gasteiger partial charge in [-0.1, -0.05) is 146 Å². The van der Waals surface area contributed by atoms with Crippen LogP contribution in [0.15, 0.2) is 146 Å². The van der Waals surface area contributed by atoms with E-state index in [2.05, 4.69) is 25.3 Å². The van der Waals surface area contributed by atoms with Gasteiger partial charge in [-0.2, -0.15) is 48.8 Å². The smallest absolute Gasteiger partial charge is 0.306 e. The number of benzene rings is 6. The Balaban J connectivity index is 1.04. The predicted octanol–water partition coefficient (Wildman–Crippen LogP) is 12.7. The molecule has 0 unspecified atom stereocenters. The summed E-state index contributed by atoms with van der Waals surface area (Å²) in [4.78, 5) is 80.6. The summed E-state index contributed by atoms with van der Waals surface area (Å²) in [7, 11) is 0. The van der Waals surface area contributed by atoms with E-state index in [1.54, 1.807) is 0 Å². The van der Waals surface area contributed by atoms with E-state index >= 15 is 0 Å². The van der Waals surface area contributed by atoms with Crippen molar-refractivity contribution in [2.45, 2.75) is 76.7 Å². The van der Waals surface area contributed by atoms with Crippen LogP contribution in [-0.4, -0.2) is 84.9 Å². The van der Waals surface area contributed by atoms with Crippen LogP contribution in [0.5, 0.6) is 0 Å². The fourth-order valence-electron chi connectivity index (χ4n) is 9.26. The lowest BCUT2D eigenvalue weighted by molar-refractivity contribution is -0.170. The molecule has 6 rings (SSSR count). The van der Waals surface area contributed by atoms with Crippen LogP contribution in [0.4, 0.5) is 0 Å². The Bertz CT molecular complexity index is 2590. The van der Waals surface area contributed by atoms with Gasteiger partial charge in [-0.05, 0) is 83.3 Å². The molecule has 0 saturated carbocycles. The van der Waals surface area contributed by atoms with Crippen LogP contribution in [0.3, 0.4) is 0 Å². The third kappa shape index (κ3) is 18.0. The number of Topliss-reactive ketones (excluding diaryl/α,β-unsaturated/α-hetero) is 2. The molecule has 404 valence electrons. The van der Waals surface area contributed by atoms with E-state index in [1.807, 2.05) is 173 Å². The third-order valence-corrected chi connectivity index (χ3v) is 15.5. The number of rotatable bonds is 30. The number of carbonyl (C=O) groups is 6. The highest BCUT2D eigenvalue weighted by molar-refractivity contribution is 7.98. The number of esters is 4. The standard InChI is InChI=1S/C63H68O10S4/c1-43-33-47(34-44(2)57(43)61(68)59(49-17-9-5-10-18-49)50-19-11-6-12-20-50)37-76-31-27-55(66)72-41-63(39-70-53(64)25-29-74,40-71-54(65)26-30-75)42-73-56(67)28-32-77-38-48-35-45(3)58(46(4)36-48)62(69)60(51-21-13-7-14-22-51)52-23-15-8-16-24-52/h5-24,33-36,59-60,74-75H,25-32,37-42H2,1-4H3. The van der Waals surface area contributed by atoms with Crippen LogP contribution in [-0.2, 0) is 49.6 Å². The average molecular weight is 1110 g/mol. The summed E-state index contributed by atoms with van der Waals surface area (Å²) in [6.45, 7) is 6.37. The van der Waals surface area contributed by atoms with E-state index in [1.165, 1.54) is 23.5 Å². The summed E-state index contributed by atoms with van der Waals surface area (Å²) in [5.41, 5.74) is 9.21. The van der Waals surface area contributed by atoms with Gasteiger partial charge in [0.05, 0.1) is 37.5 Å². The highest BCUT2D eigenvalue weighted by Gasteiger charge is 2.38. The Morgan fingerprint density at radius 3 is 0.935 bits per heavy atom. The van der Waals surface area contributed by atoms with Gasteiger partial charge in [-0.25, -0.2) is 0 Å². The molecule has 0 aromatic heterocycles. The van der Waals surface area contributed by atoms with Gasteiger partial charge in [-0.3, -0.25) is 28.8 Å². The molecule has 0 aliphatic heterocycles. The van der Waals surface area contributed by atoms with Crippen molar-refractivity contribution in [2.75, 3.05) is 49.4 Å². The van der Waals surface area contributed by atoms with Crippen LogP contribution in [0.2, 0.25) is 0 Å². The molecule has 14 heteroatoms. The second-order valence-corrected chi connectivity index (χ2v) is 22.2. The van der Waals surface area contributed by atoms with Crippen molar-refractivity contribution in [1.82, 2.24) is 0 Å². The van der Waals surface area contributed by atoms with Crippen molar-refractivity contribution in [3.05, 3.63) is 212 Å². The molecule has 0 heterocycles. The molecule has 0 N–H and O–H groups in total.